The second kappa shape index (κ2) is 6.15. The second-order valence-electron chi connectivity index (χ2n) is 5.57. The zero-order valence-corrected chi connectivity index (χ0v) is 13.0. The molecule has 0 saturated heterocycles. The lowest BCUT2D eigenvalue weighted by molar-refractivity contribution is 0.524. The lowest BCUT2D eigenvalue weighted by Crippen LogP contribution is -2.45. The van der Waals surface area contributed by atoms with Crippen molar-refractivity contribution >= 4 is 16.6 Å². The molecular formula is C10H28N2OSi2. The quantitative estimate of drug-likeness (QED) is 0.537. The van der Waals surface area contributed by atoms with Gasteiger partial charge in [0.2, 0.25) is 0 Å². The van der Waals surface area contributed by atoms with Gasteiger partial charge in [-0.1, -0.05) is 13.3 Å². The molecule has 0 radical (unpaired) electrons. The first kappa shape index (κ1) is 15.3. The highest BCUT2D eigenvalue weighted by atomic mass is 28.4. The standard InChI is InChI=1S/C10H28N2OSi2/c1-6-8-14(2,3)13-15(4,5)9-7-10(11)12/h10H,6-9,11-12H2,1-5H3. The maximum atomic E-state index is 6.38. The third-order valence-electron chi connectivity index (χ3n) is 2.48. The van der Waals surface area contributed by atoms with E-state index < -0.39 is 16.6 Å². The summed E-state index contributed by atoms with van der Waals surface area (Å²) >= 11 is 0. The second-order valence-corrected chi connectivity index (χ2v) is 14.4. The van der Waals surface area contributed by atoms with Gasteiger partial charge in [-0.05, 0) is 44.7 Å². The first-order valence-corrected chi connectivity index (χ1v) is 12.1. The van der Waals surface area contributed by atoms with Gasteiger partial charge in [-0.15, -0.1) is 0 Å². The van der Waals surface area contributed by atoms with Gasteiger partial charge in [0.05, 0.1) is 6.17 Å². The summed E-state index contributed by atoms with van der Waals surface area (Å²) < 4.78 is 6.38. The molecule has 0 saturated carbocycles. The Kier molecular flexibility index (Phi) is 6.28. The molecule has 5 heteroatoms. The van der Waals surface area contributed by atoms with Crippen molar-refractivity contribution in [3.8, 4) is 0 Å². The van der Waals surface area contributed by atoms with Crippen molar-refractivity contribution in [3.05, 3.63) is 0 Å². The van der Waals surface area contributed by atoms with Gasteiger partial charge in [-0.2, -0.15) is 0 Å². The van der Waals surface area contributed by atoms with Gasteiger partial charge in [0, 0.05) is 0 Å². The van der Waals surface area contributed by atoms with E-state index in [9.17, 15) is 0 Å². The van der Waals surface area contributed by atoms with E-state index in [1.54, 1.807) is 0 Å². The van der Waals surface area contributed by atoms with Crippen molar-refractivity contribution in [2.75, 3.05) is 0 Å². The van der Waals surface area contributed by atoms with E-state index in [0.29, 0.717) is 0 Å². The van der Waals surface area contributed by atoms with Gasteiger partial charge in [0.15, 0.2) is 16.6 Å². The Hall–Kier alpha value is 0.314. The molecule has 0 aliphatic rings. The molecule has 0 unspecified atom stereocenters. The van der Waals surface area contributed by atoms with Crippen molar-refractivity contribution < 1.29 is 4.12 Å². The topological polar surface area (TPSA) is 61.3 Å². The summed E-state index contributed by atoms with van der Waals surface area (Å²) in [6, 6.07) is 2.32. The van der Waals surface area contributed by atoms with Crippen molar-refractivity contribution in [1.29, 1.82) is 0 Å². The largest absolute Gasteiger partial charge is 0.455 e. The SMILES string of the molecule is CCC[Si](C)(C)O[Si](C)(C)CCC(N)N. The van der Waals surface area contributed by atoms with Crippen LogP contribution in [0.2, 0.25) is 38.3 Å². The Balaban J connectivity index is 4.11. The average Bonchev–Trinajstić information content (AvgIpc) is 1.98. The van der Waals surface area contributed by atoms with E-state index in [0.717, 1.165) is 12.5 Å². The Morgan fingerprint density at radius 1 is 1.00 bits per heavy atom. The molecule has 0 spiro atoms. The van der Waals surface area contributed by atoms with Crippen molar-refractivity contribution in [2.45, 2.75) is 64.2 Å². The first-order valence-electron chi connectivity index (χ1n) is 5.90. The van der Waals surface area contributed by atoms with Gasteiger partial charge < -0.3 is 15.6 Å². The Labute approximate surface area is 96.8 Å². The summed E-state index contributed by atoms with van der Waals surface area (Å²) in [5, 5.41) is 0. The van der Waals surface area contributed by atoms with Crippen LogP contribution in [0.25, 0.3) is 0 Å². The van der Waals surface area contributed by atoms with Gasteiger partial charge in [0.25, 0.3) is 0 Å². The Morgan fingerprint density at radius 2 is 1.47 bits per heavy atom. The molecule has 0 atom stereocenters. The van der Waals surface area contributed by atoms with E-state index >= 15 is 0 Å². The van der Waals surface area contributed by atoms with Crippen LogP contribution in [-0.2, 0) is 4.12 Å². The molecule has 0 aliphatic carbocycles. The maximum absolute atomic E-state index is 6.38. The molecule has 0 aromatic heterocycles. The lowest BCUT2D eigenvalue weighted by atomic mass is 10.4. The summed E-state index contributed by atoms with van der Waals surface area (Å²) in [6.07, 6.45) is 1.92. The van der Waals surface area contributed by atoms with Crippen molar-refractivity contribution in [3.63, 3.8) is 0 Å². The third-order valence-corrected chi connectivity index (χ3v) is 10.1. The minimum absolute atomic E-state index is 0.184. The van der Waals surface area contributed by atoms with Gasteiger partial charge in [0.1, 0.15) is 0 Å². The van der Waals surface area contributed by atoms with Gasteiger partial charge in [-0.3, -0.25) is 0 Å². The van der Waals surface area contributed by atoms with Crippen LogP contribution in [0, 0.1) is 0 Å². The molecule has 0 heterocycles. The van der Waals surface area contributed by atoms with Crippen LogP contribution >= 0.6 is 0 Å². The Morgan fingerprint density at radius 3 is 1.87 bits per heavy atom. The van der Waals surface area contributed by atoms with Crippen LogP contribution in [0.5, 0.6) is 0 Å². The molecule has 92 valence electrons. The highest BCUT2D eigenvalue weighted by molar-refractivity contribution is 6.84. The predicted molar refractivity (Wildman–Crippen MR) is 72.7 cm³/mol. The van der Waals surface area contributed by atoms with Crippen LogP contribution in [0.4, 0.5) is 0 Å². The summed E-state index contributed by atoms with van der Waals surface area (Å²) in [6.45, 7) is 11.4. The average molecular weight is 249 g/mol. The molecule has 0 fully saturated rings. The summed E-state index contributed by atoms with van der Waals surface area (Å²) in [7, 11) is -2.97. The summed E-state index contributed by atoms with van der Waals surface area (Å²) in [5.74, 6) is 0. The molecule has 0 aliphatic heterocycles. The van der Waals surface area contributed by atoms with Gasteiger partial charge in [-0.25, -0.2) is 0 Å². The fraction of sp³-hybridized carbons (Fsp3) is 1.00. The normalized spacial score (nSPS) is 13.6. The molecule has 0 aromatic carbocycles. The Bertz CT molecular complexity index is 184. The molecule has 0 amide bonds. The molecule has 15 heavy (non-hydrogen) atoms. The van der Waals surface area contributed by atoms with Crippen molar-refractivity contribution in [1.82, 2.24) is 0 Å². The first-order chi connectivity index (χ1) is 6.68. The van der Waals surface area contributed by atoms with E-state index in [1.807, 2.05) is 0 Å². The van der Waals surface area contributed by atoms with Crippen LogP contribution in [0.1, 0.15) is 19.8 Å². The van der Waals surface area contributed by atoms with Crippen molar-refractivity contribution in [2.24, 2.45) is 11.5 Å². The number of nitrogens with two attached hydrogens (primary N) is 2. The highest BCUT2D eigenvalue weighted by Gasteiger charge is 2.32. The van der Waals surface area contributed by atoms with E-state index in [-0.39, 0.29) is 6.17 Å². The minimum Gasteiger partial charge on any atom is -0.455 e. The fourth-order valence-corrected chi connectivity index (χ4v) is 11.0. The molecule has 4 N–H and O–H groups in total. The van der Waals surface area contributed by atoms with Crippen LogP contribution in [0.15, 0.2) is 0 Å². The summed E-state index contributed by atoms with van der Waals surface area (Å²) in [5.41, 5.74) is 11.2. The molecule has 3 nitrogen and oxygen atoms in total. The number of hydrogen-bond donors (Lipinski definition) is 2. The smallest absolute Gasteiger partial charge is 0.173 e. The van der Waals surface area contributed by atoms with Crippen LogP contribution in [0.3, 0.4) is 0 Å². The maximum Gasteiger partial charge on any atom is 0.173 e. The van der Waals surface area contributed by atoms with Crippen LogP contribution < -0.4 is 11.5 Å². The zero-order valence-electron chi connectivity index (χ0n) is 11.0. The molecule has 0 bridgehead atoms. The van der Waals surface area contributed by atoms with E-state index in [1.165, 1.54) is 12.5 Å². The lowest BCUT2D eigenvalue weighted by Gasteiger charge is -2.34. The minimum atomic E-state index is -1.54. The number of rotatable bonds is 7. The predicted octanol–water partition coefficient (Wildman–Crippen LogP) is 2.46. The molecular weight excluding hydrogens is 220 g/mol. The monoisotopic (exact) mass is 248 g/mol. The number of hydrogen-bond acceptors (Lipinski definition) is 3. The third kappa shape index (κ3) is 8.16. The molecule has 0 rings (SSSR count). The van der Waals surface area contributed by atoms with Gasteiger partial charge >= 0.3 is 0 Å². The zero-order chi connectivity index (χ0) is 12.1. The fourth-order valence-electron chi connectivity index (χ4n) is 1.97. The molecule has 0 aromatic rings. The van der Waals surface area contributed by atoms with E-state index in [4.69, 9.17) is 15.6 Å². The highest BCUT2D eigenvalue weighted by Crippen LogP contribution is 2.23. The summed E-state index contributed by atoms with van der Waals surface area (Å²) in [4.78, 5) is 0. The van der Waals surface area contributed by atoms with E-state index in [2.05, 4.69) is 33.1 Å². The van der Waals surface area contributed by atoms with Crippen LogP contribution in [-0.4, -0.2) is 22.8 Å².